The van der Waals surface area contributed by atoms with E-state index in [-0.39, 0.29) is 19.1 Å². The first-order valence-electron chi connectivity index (χ1n) is 7.75. The van der Waals surface area contributed by atoms with Crippen molar-refractivity contribution in [1.29, 1.82) is 0 Å². The fourth-order valence-electron chi connectivity index (χ4n) is 2.65. The van der Waals surface area contributed by atoms with Crippen LogP contribution in [0.4, 0.5) is 10.5 Å². The Bertz CT molecular complexity index is 778. The predicted molar refractivity (Wildman–Crippen MR) is 91.1 cm³/mol. The van der Waals surface area contributed by atoms with E-state index in [9.17, 15) is 9.59 Å². The van der Waals surface area contributed by atoms with Crippen LogP contribution in [0.5, 0.6) is 11.5 Å². The lowest BCUT2D eigenvalue weighted by molar-refractivity contribution is -0.120. The molecule has 3 rings (SSSR count). The van der Waals surface area contributed by atoms with Crippen LogP contribution in [0.2, 0.25) is 0 Å². The van der Waals surface area contributed by atoms with Crippen LogP contribution in [-0.2, 0) is 11.2 Å². The van der Waals surface area contributed by atoms with E-state index in [0.717, 1.165) is 5.56 Å². The molecule has 0 aliphatic carbocycles. The first kappa shape index (κ1) is 16.6. The van der Waals surface area contributed by atoms with Crippen molar-refractivity contribution in [3.8, 4) is 11.5 Å². The Balaban J connectivity index is 1.79. The minimum absolute atomic E-state index is 0.146. The number of hydrogen-bond acceptors (Lipinski definition) is 4. The SMILES string of the molecule is CN(C(=O)C(Cc1ccccc1)NC(=O)O)c1ccc2c(c1)OCO2. The molecule has 1 aliphatic heterocycles. The van der Waals surface area contributed by atoms with E-state index in [0.29, 0.717) is 17.2 Å². The van der Waals surface area contributed by atoms with Crippen molar-refractivity contribution < 1.29 is 24.2 Å². The lowest BCUT2D eigenvalue weighted by Crippen LogP contribution is -2.48. The average molecular weight is 342 g/mol. The van der Waals surface area contributed by atoms with E-state index >= 15 is 0 Å². The molecule has 1 atom stereocenters. The van der Waals surface area contributed by atoms with E-state index in [4.69, 9.17) is 14.6 Å². The fourth-order valence-corrected chi connectivity index (χ4v) is 2.65. The van der Waals surface area contributed by atoms with Crippen LogP contribution < -0.4 is 19.7 Å². The van der Waals surface area contributed by atoms with Crippen LogP contribution >= 0.6 is 0 Å². The number of benzene rings is 2. The van der Waals surface area contributed by atoms with E-state index in [1.165, 1.54) is 4.90 Å². The average Bonchev–Trinajstić information content (AvgIpc) is 3.08. The van der Waals surface area contributed by atoms with Crippen molar-refractivity contribution in [2.45, 2.75) is 12.5 Å². The van der Waals surface area contributed by atoms with Gasteiger partial charge in [0.1, 0.15) is 6.04 Å². The summed E-state index contributed by atoms with van der Waals surface area (Å²) in [7, 11) is 1.60. The van der Waals surface area contributed by atoms with Crippen LogP contribution in [-0.4, -0.2) is 37.0 Å². The third-order valence-electron chi connectivity index (χ3n) is 3.95. The van der Waals surface area contributed by atoms with Gasteiger partial charge in [-0.2, -0.15) is 0 Å². The molecule has 0 spiro atoms. The van der Waals surface area contributed by atoms with Crippen LogP contribution in [0.25, 0.3) is 0 Å². The second-order valence-corrected chi connectivity index (χ2v) is 5.63. The molecule has 130 valence electrons. The van der Waals surface area contributed by atoms with Crippen LogP contribution in [0.15, 0.2) is 48.5 Å². The largest absolute Gasteiger partial charge is 0.465 e. The maximum Gasteiger partial charge on any atom is 0.405 e. The molecule has 1 aliphatic rings. The number of ether oxygens (including phenoxy) is 2. The normalized spacial score (nSPS) is 13.2. The number of hydrogen-bond donors (Lipinski definition) is 2. The van der Waals surface area contributed by atoms with Gasteiger partial charge >= 0.3 is 6.09 Å². The van der Waals surface area contributed by atoms with E-state index < -0.39 is 12.1 Å². The van der Waals surface area contributed by atoms with E-state index in [1.807, 2.05) is 30.3 Å². The van der Waals surface area contributed by atoms with Gasteiger partial charge in [0.25, 0.3) is 0 Å². The molecule has 2 aromatic rings. The van der Waals surface area contributed by atoms with E-state index in [1.54, 1.807) is 25.2 Å². The minimum atomic E-state index is -1.24. The molecule has 0 radical (unpaired) electrons. The van der Waals surface area contributed by atoms with Gasteiger partial charge < -0.3 is 24.8 Å². The molecule has 1 heterocycles. The fraction of sp³-hybridized carbons (Fsp3) is 0.222. The summed E-state index contributed by atoms with van der Waals surface area (Å²) in [6, 6.07) is 13.5. The molecule has 0 saturated carbocycles. The Hall–Kier alpha value is -3.22. The van der Waals surface area contributed by atoms with Crippen molar-refractivity contribution >= 4 is 17.7 Å². The van der Waals surface area contributed by atoms with Crippen molar-refractivity contribution in [1.82, 2.24) is 5.32 Å². The van der Waals surface area contributed by atoms with Gasteiger partial charge in [-0.15, -0.1) is 0 Å². The van der Waals surface area contributed by atoms with Crippen LogP contribution in [0.1, 0.15) is 5.56 Å². The van der Waals surface area contributed by atoms with Gasteiger partial charge in [-0.25, -0.2) is 4.79 Å². The highest BCUT2D eigenvalue weighted by Gasteiger charge is 2.26. The summed E-state index contributed by atoms with van der Waals surface area (Å²) in [5.41, 5.74) is 1.47. The number of carbonyl (C=O) groups is 2. The number of anilines is 1. The zero-order valence-corrected chi connectivity index (χ0v) is 13.6. The van der Waals surface area contributed by atoms with Gasteiger partial charge in [-0.1, -0.05) is 30.3 Å². The monoisotopic (exact) mass is 342 g/mol. The van der Waals surface area contributed by atoms with Gasteiger partial charge in [-0.3, -0.25) is 4.79 Å². The second-order valence-electron chi connectivity index (χ2n) is 5.63. The standard InChI is InChI=1S/C18H18N2O5/c1-20(13-7-8-15-16(10-13)25-11-24-15)17(21)14(19-18(22)23)9-12-5-3-2-4-6-12/h2-8,10,14,19H,9,11H2,1H3,(H,22,23). The number of nitrogens with one attached hydrogen (secondary N) is 1. The highest BCUT2D eigenvalue weighted by Crippen LogP contribution is 2.35. The molecule has 1 unspecified atom stereocenters. The Labute approximate surface area is 144 Å². The zero-order valence-electron chi connectivity index (χ0n) is 13.6. The summed E-state index contributed by atoms with van der Waals surface area (Å²) in [4.78, 5) is 25.3. The lowest BCUT2D eigenvalue weighted by Gasteiger charge is -2.24. The predicted octanol–water partition coefficient (Wildman–Crippen LogP) is 2.26. The maximum absolute atomic E-state index is 12.8. The summed E-state index contributed by atoms with van der Waals surface area (Å²) < 4.78 is 10.6. The van der Waals surface area contributed by atoms with Gasteiger partial charge in [0.2, 0.25) is 12.7 Å². The number of rotatable bonds is 5. The smallest absolute Gasteiger partial charge is 0.405 e. The van der Waals surface area contributed by atoms with Gasteiger partial charge in [0, 0.05) is 25.2 Å². The molecular formula is C18H18N2O5. The van der Waals surface area contributed by atoms with Crippen molar-refractivity contribution in [3.05, 3.63) is 54.1 Å². The molecule has 0 fully saturated rings. The number of carbonyl (C=O) groups excluding carboxylic acids is 1. The molecule has 7 nitrogen and oxygen atoms in total. The molecule has 2 amide bonds. The van der Waals surface area contributed by atoms with Gasteiger partial charge in [0.15, 0.2) is 11.5 Å². The Morgan fingerprint density at radius 1 is 1.16 bits per heavy atom. The van der Waals surface area contributed by atoms with Gasteiger partial charge in [-0.05, 0) is 17.7 Å². The summed E-state index contributed by atoms with van der Waals surface area (Å²) >= 11 is 0. The Kier molecular flexibility index (Phi) is 4.74. The molecule has 0 aromatic heterocycles. The number of nitrogens with zero attached hydrogens (tertiary/aromatic N) is 1. The molecule has 0 bridgehead atoms. The van der Waals surface area contributed by atoms with Crippen molar-refractivity contribution in [2.75, 3.05) is 18.7 Å². The topological polar surface area (TPSA) is 88.1 Å². The lowest BCUT2D eigenvalue weighted by atomic mass is 10.0. The molecule has 2 aromatic carbocycles. The van der Waals surface area contributed by atoms with Crippen LogP contribution in [0, 0.1) is 0 Å². The summed E-state index contributed by atoms with van der Waals surface area (Å²) in [6.45, 7) is 0.146. The number of fused-ring (bicyclic) bond motifs is 1. The number of carboxylic acid groups (broad SMARTS) is 1. The Morgan fingerprint density at radius 2 is 1.88 bits per heavy atom. The summed E-state index contributed by atoms with van der Waals surface area (Å²) in [5, 5.41) is 11.4. The van der Waals surface area contributed by atoms with Crippen LogP contribution in [0.3, 0.4) is 0 Å². The maximum atomic E-state index is 12.8. The zero-order chi connectivity index (χ0) is 17.8. The summed E-state index contributed by atoms with van der Waals surface area (Å²) in [5.74, 6) is 0.821. The highest BCUT2D eigenvalue weighted by molar-refractivity contribution is 5.98. The minimum Gasteiger partial charge on any atom is -0.465 e. The molecule has 25 heavy (non-hydrogen) atoms. The number of likely N-dealkylation sites (N-methyl/N-ethyl adjacent to an activating group) is 1. The molecular weight excluding hydrogens is 324 g/mol. The van der Waals surface area contributed by atoms with Crippen molar-refractivity contribution in [2.24, 2.45) is 0 Å². The second kappa shape index (κ2) is 7.12. The quantitative estimate of drug-likeness (QED) is 0.870. The number of amides is 2. The Morgan fingerprint density at radius 3 is 2.60 bits per heavy atom. The molecule has 2 N–H and O–H groups in total. The molecule has 7 heteroatoms. The molecule has 0 saturated heterocycles. The third kappa shape index (κ3) is 3.82. The highest BCUT2D eigenvalue weighted by atomic mass is 16.7. The first-order valence-corrected chi connectivity index (χ1v) is 7.75. The van der Waals surface area contributed by atoms with Gasteiger partial charge in [0.05, 0.1) is 0 Å². The third-order valence-corrected chi connectivity index (χ3v) is 3.95. The van der Waals surface area contributed by atoms with E-state index in [2.05, 4.69) is 5.32 Å². The first-order chi connectivity index (χ1) is 12.0. The summed E-state index contributed by atoms with van der Waals surface area (Å²) in [6.07, 6.45) is -0.978. The van der Waals surface area contributed by atoms with Crippen molar-refractivity contribution in [3.63, 3.8) is 0 Å².